The van der Waals surface area contributed by atoms with E-state index in [-0.39, 0.29) is 28.7 Å². The second-order valence-corrected chi connectivity index (χ2v) is 8.50. The topological polar surface area (TPSA) is 52.9 Å². The zero-order valence-corrected chi connectivity index (χ0v) is 14.8. The summed E-state index contributed by atoms with van der Waals surface area (Å²) < 4.78 is 6.18. The molecule has 1 saturated heterocycles. The van der Waals surface area contributed by atoms with Gasteiger partial charge in [0.1, 0.15) is 12.2 Å². The number of ether oxygens (including phenoxy) is 1. The minimum atomic E-state index is -0.631. The van der Waals surface area contributed by atoms with Gasteiger partial charge in [0.05, 0.1) is 0 Å². The van der Waals surface area contributed by atoms with Crippen LogP contribution in [-0.2, 0) is 11.8 Å². The van der Waals surface area contributed by atoms with Crippen molar-refractivity contribution in [3.05, 3.63) is 48.1 Å². The van der Waals surface area contributed by atoms with Crippen molar-refractivity contribution >= 4 is 0 Å². The number of aliphatic hydroxyl groups is 1. The maximum absolute atomic E-state index is 10.6. The van der Waals surface area contributed by atoms with Crippen LogP contribution < -0.4 is 4.74 Å². The maximum atomic E-state index is 10.6. The highest BCUT2D eigenvalue weighted by atomic mass is 16.5. The molecular weight excluding hydrogens is 314 g/mol. The van der Waals surface area contributed by atoms with Crippen molar-refractivity contribution in [2.24, 2.45) is 5.92 Å². The molecule has 4 nitrogen and oxygen atoms in total. The molecule has 1 aromatic carbocycles. The van der Waals surface area contributed by atoms with Crippen LogP contribution in [-0.4, -0.2) is 45.4 Å². The average molecular weight is 339 g/mol. The molecule has 2 N–H and O–H groups in total. The molecule has 5 rings (SSSR count). The van der Waals surface area contributed by atoms with Gasteiger partial charge in [0.25, 0.3) is 0 Å². The van der Waals surface area contributed by atoms with Crippen molar-refractivity contribution in [1.29, 1.82) is 0 Å². The Labute approximate surface area is 148 Å². The molecule has 4 aliphatic rings. The lowest BCUT2D eigenvalue weighted by atomic mass is 9.53. The van der Waals surface area contributed by atoms with Gasteiger partial charge in [0.15, 0.2) is 11.5 Å². The highest BCUT2D eigenvalue weighted by molar-refractivity contribution is 5.61. The van der Waals surface area contributed by atoms with Crippen LogP contribution in [0.1, 0.15) is 31.4 Å². The van der Waals surface area contributed by atoms with E-state index in [0.717, 1.165) is 24.9 Å². The number of phenols is 1. The summed E-state index contributed by atoms with van der Waals surface area (Å²) in [6, 6.07) is 4.13. The van der Waals surface area contributed by atoms with Gasteiger partial charge in [-0.1, -0.05) is 24.3 Å². The van der Waals surface area contributed by atoms with Gasteiger partial charge in [0.2, 0.25) is 0 Å². The number of aliphatic hydroxyl groups excluding tert-OH is 1. The number of hydrogen-bond acceptors (Lipinski definition) is 4. The van der Waals surface area contributed by atoms with Crippen LogP contribution in [0.4, 0.5) is 0 Å². The minimum absolute atomic E-state index is 0.0810. The van der Waals surface area contributed by atoms with Gasteiger partial charge in [-0.05, 0) is 38.3 Å². The molecule has 25 heavy (non-hydrogen) atoms. The third-order valence-electron chi connectivity index (χ3n) is 7.11. The van der Waals surface area contributed by atoms with Gasteiger partial charge in [-0.25, -0.2) is 0 Å². The van der Waals surface area contributed by atoms with Crippen molar-refractivity contribution < 1.29 is 14.9 Å². The smallest absolute Gasteiger partial charge is 0.165 e. The van der Waals surface area contributed by atoms with Crippen molar-refractivity contribution in [3.8, 4) is 11.5 Å². The predicted octanol–water partition coefficient (Wildman–Crippen LogP) is 2.53. The molecule has 2 aliphatic carbocycles. The number of benzene rings is 1. The molecular formula is C21H25NO3. The van der Waals surface area contributed by atoms with Crippen LogP contribution in [0.2, 0.25) is 0 Å². The van der Waals surface area contributed by atoms with Crippen LogP contribution in [0, 0.1) is 5.92 Å². The number of rotatable bonds is 2. The molecule has 0 unspecified atom stereocenters. The third kappa shape index (κ3) is 1.69. The first-order chi connectivity index (χ1) is 11.9. The molecule has 0 amide bonds. The summed E-state index contributed by atoms with van der Waals surface area (Å²) in [5, 5.41) is 21.0. The van der Waals surface area contributed by atoms with E-state index < -0.39 is 6.10 Å². The number of hydrogen-bond donors (Lipinski definition) is 2. The van der Waals surface area contributed by atoms with E-state index in [4.69, 9.17) is 4.74 Å². The quantitative estimate of drug-likeness (QED) is 0.813. The van der Waals surface area contributed by atoms with Crippen molar-refractivity contribution in [1.82, 2.24) is 4.90 Å². The van der Waals surface area contributed by atoms with E-state index in [9.17, 15) is 10.2 Å². The second kappa shape index (κ2) is 4.68. The van der Waals surface area contributed by atoms with E-state index in [2.05, 4.69) is 31.4 Å². The number of aromatic hydroxyl groups is 1. The van der Waals surface area contributed by atoms with Gasteiger partial charge in [-0.3, -0.25) is 4.90 Å². The molecule has 132 valence electrons. The Morgan fingerprint density at radius 2 is 2.16 bits per heavy atom. The Kier molecular flexibility index (Phi) is 2.90. The van der Waals surface area contributed by atoms with E-state index >= 15 is 0 Å². The van der Waals surface area contributed by atoms with E-state index in [1.165, 1.54) is 5.56 Å². The molecule has 1 spiro atoms. The van der Waals surface area contributed by atoms with Crippen LogP contribution in [0.25, 0.3) is 0 Å². The Bertz CT molecular complexity index is 799. The highest BCUT2D eigenvalue weighted by Gasteiger charge is 2.65. The van der Waals surface area contributed by atoms with Gasteiger partial charge >= 0.3 is 0 Å². The fourth-order valence-corrected chi connectivity index (χ4v) is 5.89. The first kappa shape index (κ1) is 15.5. The summed E-state index contributed by atoms with van der Waals surface area (Å²) in [5.41, 5.74) is 2.10. The Balaban J connectivity index is 1.75. The standard InChI is InChI=1S/C21H25NO3/c1-4-20(2,3)22-10-9-21-13-6-8-16(24)19(21)25-18-15(23)7-5-12(17(18)21)11-14(13)22/h4-8,13-14,16,19,23-24H,1,9-11H2,2-3H3/t13-,14+,16-,19-,21-/m0/s1. The fraction of sp³-hybridized carbons (Fsp3) is 0.524. The molecule has 5 atom stereocenters. The minimum Gasteiger partial charge on any atom is -0.504 e. The molecule has 2 aliphatic heterocycles. The Hall–Kier alpha value is -1.78. The van der Waals surface area contributed by atoms with Gasteiger partial charge in [-0.2, -0.15) is 0 Å². The summed E-state index contributed by atoms with van der Waals surface area (Å²) in [6.07, 6.45) is 7.04. The Morgan fingerprint density at radius 3 is 2.92 bits per heavy atom. The SMILES string of the molecule is C=CC(C)(C)N1CC[C@]23c4c5ccc(O)c4O[C@H]2[C@@H](O)C=C[C@H]3[C@H]1C5. The summed E-state index contributed by atoms with van der Waals surface area (Å²) in [7, 11) is 0. The van der Waals surface area contributed by atoms with Crippen LogP contribution in [0.3, 0.4) is 0 Å². The lowest BCUT2D eigenvalue weighted by molar-refractivity contribution is -0.0698. The van der Waals surface area contributed by atoms with Gasteiger partial charge in [0, 0.05) is 35.0 Å². The largest absolute Gasteiger partial charge is 0.504 e. The number of likely N-dealkylation sites (tertiary alicyclic amines) is 1. The fourth-order valence-electron chi connectivity index (χ4n) is 5.89. The van der Waals surface area contributed by atoms with E-state index in [1.807, 2.05) is 18.2 Å². The molecule has 0 saturated carbocycles. The lowest BCUT2D eigenvalue weighted by Gasteiger charge is -2.60. The predicted molar refractivity (Wildman–Crippen MR) is 95.9 cm³/mol. The van der Waals surface area contributed by atoms with Crippen molar-refractivity contribution in [2.75, 3.05) is 6.54 Å². The average Bonchev–Trinajstić information content (AvgIpc) is 2.93. The monoisotopic (exact) mass is 339 g/mol. The number of phenolic OH excluding ortho intramolecular Hbond substituents is 1. The van der Waals surface area contributed by atoms with Gasteiger partial charge in [-0.15, -0.1) is 6.58 Å². The molecule has 1 aromatic rings. The summed E-state index contributed by atoms with van der Waals surface area (Å²) >= 11 is 0. The first-order valence-electron chi connectivity index (χ1n) is 9.19. The number of piperidine rings is 1. The lowest BCUT2D eigenvalue weighted by Crippen LogP contribution is -2.68. The Morgan fingerprint density at radius 1 is 1.36 bits per heavy atom. The summed E-state index contributed by atoms with van der Waals surface area (Å²) in [6.45, 7) is 9.44. The summed E-state index contributed by atoms with van der Waals surface area (Å²) in [4.78, 5) is 2.56. The highest BCUT2D eigenvalue weighted by Crippen LogP contribution is 2.63. The first-order valence-corrected chi connectivity index (χ1v) is 9.19. The third-order valence-corrected chi connectivity index (χ3v) is 7.11. The van der Waals surface area contributed by atoms with Gasteiger partial charge < -0.3 is 14.9 Å². The molecule has 1 fully saturated rings. The summed E-state index contributed by atoms with van der Waals surface area (Å²) in [5.74, 6) is 1.08. The van der Waals surface area contributed by atoms with E-state index in [0.29, 0.717) is 11.8 Å². The van der Waals surface area contributed by atoms with Crippen molar-refractivity contribution in [3.63, 3.8) is 0 Å². The van der Waals surface area contributed by atoms with Crippen LogP contribution in [0.15, 0.2) is 36.9 Å². The zero-order chi connectivity index (χ0) is 17.6. The van der Waals surface area contributed by atoms with Crippen LogP contribution in [0.5, 0.6) is 11.5 Å². The molecule has 2 bridgehead atoms. The maximum Gasteiger partial charge on any atom is 0.165 e. The second-order valence-electron chi connectivity index (χ2n) is 8.50. The molecule has 0 radical (unpaired) electrons. The van der Waals surface area contributed by atoms with Crippen molar-refractivity contribution in [2.45, 2.75) is 55.9 Å². The van der Waals surface area contributed by atoms with Crippen LogP contribution >= 0.6 is 0 Å². The molecule has 2 heterocycles. The zero-order valence-electron chi connectivity index (χ0n) is 14.8. The molecule has 4 heteroatoms. The normalized spacial score (nSPS) is 38.2. The van der Waals surface area contributed by atoms with E-state index in [1.54, 1.807) is 6.07 Å². The molecule has 0 aromatic heterocycles. The number of nitrogens with zero attached hydrogens (tertiary/aromatic N) is 1.